The molecule has 5 nitrogen and oxygen atoms in total. The number of carbonyl (C=O) groups excluding carboxylic acids is 1. The molecule has 0 saturated carbocycles. The Morgan fingerprint density at radius 2 is 2.18 bits per heavy atom. The van der Waals surface area contributed by atoms with Crippen molar-refractivity contribution >= 4 is 5.91 Å². The van der Waals surface area contributed by atoms with Crippen molar-refractivity contribution in [3.05, 3.63) is 47.3 Å². The molecule has 22 heavy (non-hydrogen) atoms. The summed E-state index contributed by atoms with van der Waals surface area (Å²) in [6.45, 7) is 5.46. The van der Waals surface area contributed by atoms with E-state index in [9.17, 15) is 4.79 Å². The number of hydrogen-bond donors (Lipinski definition) is 0. The molecule has 0 radical (unpaired) electrons. The highest BCUT2D eigenvalue weighted by atomic mass is 16.5. The summed E-state index contributed by atoms with van der Waals surface area (Å²) in [6, 6.07) is 5.86. The van der Waals surface area contributed by atoms with Gasteiger partial charge in [-0.2, -0.15) is 5.10 Å². The Kier molecular flexibility index (Phi) is 3.88. The van der Waals surface area contributed by atoms with Gasteiger partial charge in [0.15, 0.2) is 0 Å². The van der Waals surface area contributed by atoms with E-state index in [0.29, 0.717) is 6.54 Å². The summed E-state index contributed by atoms with van der Waals surface area (Å²) in [5, 5.41) is 4.37. The Morgan fingerprint density at radius 1 is 1.36 bits per heavy atom. The number of aromatic nitrogens is 2. The first kappa shape index (κ1) is 14.6. The van der Waals surface area contributed by atoms with E-state index >= 15 is 0 Å². The minimum Gasteiger partial charge on any atom is -0.497 e. The second-order valence-corrected chi connectivity index (χ2v) is 5.87. The fourth-order valence-electron chi connectivity index (χ4n) is 2.95. The number of methoxy groups -OCH3 is 1. The number of carbonyl (C=O) groups is 1. The molecule has 1 fully saturated rings. The number of ether oxygens (including phenoxy) is 1. The number of amides is 1. The van der Waals surface area contributed by atoms with Crippen LogP contribution < -0.4 is 4.74 Å². The first-order valence-electron chi connectivity index (χ1n) is 7.53. The fourth-order valence-corrected chi connectivity index (χ4v) is 2.95. The van der Waals surface area contributed by atoms with Crippen molar-refractivity contribution in [2.24, 2.45) is 0 Å². The number of hydrogen-bond acceptors (Lipinski definition) is 3. The lowest BCUT2D eigenvalue weighted by Crippen LogP contribution is -2.29. The van der Waals surface area contributed by atoms with Gasteiger partial charge in [0.1, 0.15) is 5.75 Å². The van der Waals surface area contributed by atoms with Crippen molar-refractivity contribution in [3.8, 4) is 5.75 Å². The van der Waals surface area contributed by atoms with Gasteiger partial charge in [0.2, 0.25) is 0 Å². The van der Waals surface area contributed by atoms with Gasteiger partial charge in [-0.25, -0.2) is 0 Å². The third-order valence-electron chi connectivity index (χ3n) is 4.22. The molecule has 1 aromatic carbocycles. The highest BCUT2D eigenvalue weighted by Crippen LogP contribution is 2.25. The van der Waals surface area contributed by atoms with Crippen molar-refractivity contribution in [2.75, 3.05) is 20.2 Å². The molecule has 1 aromatic heterocycles. The molecular formula is C17H21N3O2. The number of aryl methyl sites for hydroxylation is 2. The number of likely N-dealkylation sites (tertiary alicyclic amines) is 1. The van der Waals surface area contributed by atoms with Gasteiger partial charge in [-0.3, -0.25) is 9.48 Å². The van der Waals surface area contributed by atoms with E-state index in [4.69, 9.17) is 4.74 Å². The van der Waals surface area contributed by atoms with Crippen LogP contribution in [0.3, 0.4) is 0 Å². The van der Waals surface area contributed by atoms with Gasteiger partial charge >= 0.3 is 0 Å². The van der Waals surface area contributed by atoms with Crippen LogP contribution in [-0.4, -0.2) is 40.8 Å². The van der Waals surface area contributed by atoms with Crippen LogP contribution in [0.2, 0.25) is 0 Å². The molecule has 1 atom stereocenters. The van der Waals surface area contributed by atoms with Crippen LogP contribution >= 0.6 is 0 Å². The van der Waals surface area contributed by atoms with Gasteiger partial charge in [-0.05, 0) is 49.6 Å². The lowest BCUT2D eigenvalue weighted by molar-refractivity contribution is 0.0786. The van der Waals surface area contributed by atoms with E-state index in [0.717, 1.165) is 35.4 Å². The number of benzene rings is 1. The monoisotopic (exact) mass is 299 g/mol. The molecule has 2 heterocycles. The standard InChI is InChI=1S/C17H21N3O2/c1-12-9-18-20(10-12)14-6-7-19(11-14)17(21)16-5-4-15(22-3)8-13(16)2/h4-5,8-10,14H,6-7,11H2,1-3H3. The Hall–Kier alpha value is -2.30. The maximum absolute atomic E-state index is 12.7. The lowest BCUT2D eigenvalue weighted by Gasteiger charge is -2.18. The summed E-state index contributed by atoms with van der Waals surface area (Å²) >= 11 is 0. The third kappa shape index (κ3) is 2.71. The Morgan fingerprint density at radius 3 is 2.82 bits per heavy atom. The van der Waals surface area contributed by atoms with Crippen LogP contribution in [0.5, 0.6) is 5.75 Å². The smallest absolute Gasteiger partial charge is 0.254 e. The van der Waals surface area contributed by atoms with Gasteiger partial charge in [0, 0.05) is 24.8 Å². The van der Waals surface area contributed by atoms with Crippen molar-refractivity contribution in [2.45, 2.75) is 26.3 Å². The Labute approximate surface area is 130 Å². The Bertz CT molecular complexity index is 693. The van der Waals surface area contributed by atoms with Crippen molar-refractivity contribution < 1.29 is 9.53 Å². The highest BCUT2D eigenvalue weighted by Gasteiger charge is 2.29. The summed E-state index contributed by atoms with van der Waals surface area (Å²) in [5.74, 6) is 0.867. The minimum absolute atomic E-state index is 0.0894. The number of rotatable bonds is 3. The summed E-state index contributed by atoms with van der Waals surface area (Å²) in [7, 11) is 1.63. The van der Waals surface area contributed by atoms with Crippen molar-refractivity contribution in [3.63, 3.8) is 0 Å². The average molecular weight is 299 g/mol. The summed E-state index contributed by atoms with van der Waals surface area (Å²) < 4.78 is 7.17. The molecule has 116 valence electrons. The van der Waals surface area contributed by atoms with Crippen LogP contribution in [-0.2, 0) is 0 Å². The van der Waals surface area contributed by atoms with E-state index in [1.165, 1.54) is 0 Å². The SMILES string of the molecule is COc1ccc(C(=O)N2CCC(n3cc(C)cn3)C2)c(C)c1. The second kappa shape index (κ2) is 5.83. The maximum Gasteiger partial charge on any atom is 0.254 e. The maximum atomic E-state index is 12.7. The normalized spacial score (nSPS) is 17.8. The molecule has 1 amide bonds. The molecule has 0 aliphatic carbocycles. The molecular weight excluding hydrogens is 278 g/mol. The van der Waals surface area contributed by atoms with Gasteiger partial charge in [0.05, 0.1) is 19.3 Å². The first-order valence-corrected chi connectivity index (χ1v) is 7.53. The largest absolute Gasteiger partial charge is 0.497 e. The summed E-state index contributed by atoms with van der Waals surface area (Å²) in [5.41, 5.74) is 2.84. The molecule has 0 spiro atoms. The minimum atomic E-state index is 0.0894. The van der Waals surface area contributed by atoms with E-state index in [1.54, 1.807) is 7.11 Å². The van der Waals surface area contributed by atoms with Gasteiger partial charge < -0.3 is 9.64 Å². The second-order valence-electron chi connectivity index (χ2n) is 5.87. The molecule has 1 saturated heterocycles. The molecule has 3 rings (SSSR count). The van der Waals surface area contributed by atoms with Crippen LogP contribution in [0.4, 0.5) is 0 Å². The van der Waals surface area contributed by atoms with Crippen molar-refractivity contribution in [1.82, 2.24) is 14.7 Å². The van der Waals surface area contributed by atoms with Gasteiger partial charge in [-0.1, -0.05) is 0 Å². The van der Waals surface area contributed by atoms with Gasteiger partial charge in [-0.15, -0.1) is 0 Å². The molecule has 0 N–H and O–H groups in total. The zero-order valence-electron chi connectivity index (χ0n) is 13.2. The van der Waals surface area contributed by atoms with Crippen molar-refractivity contribution in [1.29, 1.82) is 0 Å². The van der Waals surface area contributed by atoms with E-state index in [2.05, 4.69) is 5.10 Å². The summed E-state index contributed by atoms with van der Waals surface area (Å²) in [6.07, 6.45) is 4.84. The highest BCUT2D eigenvalue weighted by molar-refractivity contribution is 5.96. The molecule has 1 aliphatic heterocycles. The van der Waals surface area contributed by atoms with E-state index in [1.807, 2.05) is 54.0 Å². The third-order valence-corrected chi connectivity index (χ3v) is 4.22. The molecule has 2 aromatic rings. The summed E-state index contributed by atoms with van der Waals surface area (Å²) in [4.78, 5) is 14.6. The molecule has 1 unspecified atom stereocenters. The average Bonchev–Trinajstić information content (AvgIpc) is 3.15. The van der Waals surface area contributed by atoms with Crippen LogP contribution in [0, 0.1) is 13.8 Å². The van der Waals surface area contributed by atoms with E-state index < -0.39 is 0 Å². The zero-order valence-corrected chi connectivity index (χ0v) is 13.2. The van der Waals surface area contributed by atoms with E-state index in [-0.39, 0.29) is 11.9 Å². The predicted octanol–water partition coefficient (Wildman–Crippen LogP) is 2.60. The Balaban J connectivity index is 1.74. The van der Waals surface area contributed by atoms with Crippen LogP contribution in [0.25, 0.3) is 0 Å². The number of nitrogens with zero attached hydrogens (tertiary/aromatic N) is 3. The predicted molar refractivity (Wildman–Crippen MR) is 84.3 cm³/mol. The van der Waals surface area contributed by atoms with Gasteiger partial charge in [0.25, 0.3) is 5.91 Å². The molecule has 5 heteroatoms. The topological polar surface area (TPSA) is 47.4 Å². The zero-order chi connectivity index (χ0) is 15.7. The van der Waals surface area contributed by atoms with Crippen LogP contribution in [0.15, 0.2) is 30.6 Å². The quantitative estimate of drug-likeness (QED) is 0.875. The molecule has 1 aliphatic rings. The van der Waals surface area contributed by atoms with Crippen LogP contribution in [0.1, 0.15) is 33.9 Å². The first-order chi connectivity index (χ1) is 10.6. The fraction of sp³-hybridized carbons (Fsp3) is 0.412. The lowest BCUT2D eigenvalue weighted by atomic mass is 10.1. The molecule has 0 bridgehead atoms.